The lowest BCUT2D eigenvalue weighted by atomic mass is 10.0. The van der Waals surface area contributed by atoms with Gasteiger partial charge in [-0.25, -0.2) is 9.97 Å². The molecule has 1 unspecified atom stereocenters. The third kappa shape index (κ3) is 2.56. The van der Waals surface area contributed by atoms with Gasteiger partial charge in [0.1, 0.15) is 17.8 Å². The first-order valence-electron chi connectivity index (χ1n) is 8.68. The molecule has 7 nitrogen and oxygen atoms in total. The summed E-state index contributed by atoms with van der Waals surface area (Å²) in [7, 11) is 2.13. The predicted molar refractivity (Wildman–Crippen MR) is 91.8 cm³/mol. The van der Waals surface area contributed by atoms with Gasteiger partial charge in [-0.2, -0.15) is 0 Å². The molecule has 3 atom stereocenters. The van der Waals surface area contributed by atoms with E-state index >= 15 is 0 Å². The SMILES string of the molecule is CN(c1ncnc2[nH]ccc12)C1C[C@@H]2CN(C(CO)CO)C[C@@H]2C1. The van der Waals surface area contributed by atoms with Crippen molar-refractivity contribution in [2.75, 3.05) is 38.3 Å². The summed E-state index contributed by atoms with van der Waals surface area (Å²) in [4.78, 5) is 16.5. The zero-order chi connectivity index (χ0) is 16.7. The Hall–Kier alpha value is -1.70. The van der Waals surface area contributed by atoms with Gasteiger partial charge in [0.25, 0.3) is 0 Å². The number of aromatic nitrogens is 3. The van der Waals surface area contributed by atoms with Gasteiger partial charge in [0.2, 0.25) is 0 Å². The molecule has 1 aliphatic carbocycles. The van der Waals surface area contributed by atoms with Crippen LogP contribution in [0.15, 0.2) is 18.6 Å². The Morgan fingerprint density at radius 2 is 1.96 bits per heavy atom. The van der Waals surface area contributed by atoms with Crippen LogP contribution in [0.3, 0.4) is 0 Å². The van der Waals surface area contributed by atoms with E-state index < -0.39 is 0 Å². The second kappa shape index (κ2) is 6.31. The summed E-state index contributed by atoms with van der Waals surface area (Å²) < 4.78 is 0. The summed E-state index contributed by atoms with van der Waals surface area (Å²) in [5, 5.41) is 19.9. The van der Waals surface area contributed by atoms with Gasteiger partial charge in [0, 0.05) is 32.4 Å². The second-order valence-corrected chi connectivity index (χ2v) is 7.17. The summed E-state index contributed by atoms with van der Waals surface area (Å²) in [5.74, 6) is 2.27. The van der Waals surface area contributed by atoms with Crippen molar-refractivity contribution in [3.63, 3.8) is 0 Å². The normalized spacial score (nSPS) is 27.2. The lowest BCUT2D eigenvalue weighted by Crippen LogP contribution is -2.40. The Morgan fingerprint density at radius 3 is 2.62 bits per heavy atom. The number of fused-ring (bicyclic) bond motifs is 2. The van der Waals surface area contributed by atoms with Crippen LogP contribution in [0.5, 0.6) is 0 Å². The average Bonchev–Trinajstić information content (AvgIpc) is 3.28. The molecule has 3 N–H and O–H groups in total. The Bertz CT molecular complexity index is 687. The molecule has 0 spiro atoms. The molecule has 130 valence electrons. The van der Waals surface area contributed by atoms with Crippen LogP contribution in [-0.2, 0) is 0 Å². The van der Waals surface area contributed by atoms with Crippen molar-refractivity contribution < 1.29 is 10.2 Å². The van der Waals surface area contributed by atoms with Gasteiger partial charge >= 0.3 is 0 Å². The van der Waals surface area contributed by atoms with Crippen molar-refractivity contribution in [2.45, 2.75) is 24.9 Å². The number of nitrogens with one attached hydrogen (secondary N) is 1. The maximum Gasteiger partial charge on any atom is 0.142 e. The van der Waals surface area contributed by atoms with Crippen LogP contribution in [0, 0.1) is 11.8 Å². The first-order valence-corrected chi connectivity index (χ1v) is 8.68. The number of anilines is 1. The maximum absolute atomic E-state index is 9.39. The maximum atomic E-state index is 9.39. The highest BCUT2D eigenvalue weighted by atomic mass is 16.3. The summed E-state index contributed by atoms with van der Waals surface area (Å²) >= 11 is 0. The molecule has 2 fully saturated rings. The molecule has 2 aromatic heterocycles. The molecule has 4 rings (SSSR count). The van der Waals surface area contributed by atoms with Gasteiger partial charge in [-0.1, -0.05) is 0 Å². The van der Waals surface area contributed by atoms with E-state index in [0.29, 0.717) is 17.9 Å². The minimum atomic E-state index is -0.104. The molecule has 24 heavy (non-hydrogen) atoms. The van der Waals surface area contributed by atoms with Crippen molar-refractivity contribution in [3.8, 4) is 0 Å². The van der Waals surface area contributed by atoms with Crippen LogP contribution in [-0.4, -0.2) is 75.5 Å². The average molecular weight is 331 g/mol. The fourth-order valence-electron chi connectivity index (χ4n) is 4.52. The molecule has 0 amide bonds. The molecule has 2 aliphatic rings. The highest BCUT2D eigenvalue weighted by Gasteiger charge is 2.43. The number of hydrogen-bond acceptors (Lipinski definition) is 6. The second-order valence-electron chi connectivity index (χ2n) is 7.17. The standard InChI is InChI=1S/C17H25N5O2/c1-21(17-15-2-3-18-16(15)19-10-20-17)13-4-11-6-22(7-12(11)5-13)14(8-23)9-24/h2-3,10-14,23-24H,4-9H2,1H3,(H,18,19,20)/t11-,12+,13?. The van der Waals surface area contributed by atoms with Crippen molar-refractivity contribution in [1.82, 2.24) is 19.9 Å². The van der Waals surface area contributed by atoms with Crippen LogP contribution < -0.4 is 4.90 Å². The molecule has 0 radical (unpaired) electrons. The molecule has 7 heteroatoms. The smallest absolute Gasteiger partial charge is 0.142 e. The molecule has 0 aromatic carbocycles. The van der Waals surface area contributed by atoms with Crippen molar-refractivity contribution in [1.29, 1.82) is 0 Å². The van der Waals surface area contributed by atoms with E-state index in [1.54, 1.807) is 6.33 Å². The molecule has 1 aliphatic heterocycles. The Balaban J connectivity index is 1.46. The van der Waals surface area contributed by atoms with Gasteiger partial charge in [0.05, 0.1) is 24.6 Å². The van der Waals surface area contributed by atoms with Crippen LogP contribution in [0.2, 0.25) is 0 Å². The zero-order valence-electron chi connectivity index (χ0n) is 14.0. The highest BCUT2D eigenvalue weighted by Crippen LogP contribution is 2.41. The Morgan fingerprint density at radius 1 is 1.25 bits per heavy atom. The minimum absolute atomic E-state index is 0.0334. The van der Waals surface area contributed by atoms with Crippen LogP contribution >= 0.6 is 0 Å². The first-order chi connectivity index (χ1) is 11.7. The third-order valence-corrected chi connectivity index (χ3v) is 5.91. The van der Waals surface area contributed by atoms with E-state index in [1.165, 1.54) is 0 Å². The van der Waals surface area contributed by atoms with Crippen LogP contribution in [0.1, 0.15) is 12.8 Å². The highest BCUT2D eigenvalue weighted by molar-refractivity contribution is 5.87. The predicted octanol–water partition coefficient (Wildman–Crippen LogP) is 0.458. The van der Waals surface area contributed by atoms with E-state index in [-0.39, 0.29) is 19.3 Å². The number of nitrogens with zero attached hydrogens (tertiary/aromatic N) is 4. The molecule has 2 aromatic rings. The largest absolute Gasteiger partial charge is 0.395 e. The van der Waals surface area contributed by atoms with Gasteiger partial charge < -0.3 is 20.1 Å². The van der Waals surface area contributed by atoms with Crippen molar-refractivity contribution in [3.05, 3.63) is 18.6 Å². The van der Waals surface area contributed by atoms with E-state index in [4.69, 9.17) is 0 Å². The molecule has 1 saturated heterocycles. The van der Waals surface area contributed by atoms with Crippen LogP contribution in [0.4, 0.5) is 5.82 Å². The summed E-state index contributed by atoms with van der Waals surface area (Å²) in [5.41, 5.74) is 0.880. The van der Waals surface area contributed by atoms with E-state index in [1.807, 2.05) is 12.3 Å². The summed E-state index contributed by atoms with van der Waals surface area (Å²) in [6.07, 6.45) is 5.80. The van der Waals surface area contributed by atoms with E-state index in [0.717, 1.165) is 42.8 Å². The van der Waals surface area contributed by atoms with E-state index in [2.05, 4.69) is 31.8 Å². The van der Waals surface area contributed by atoms with Crippen molar-refractivity contribution in [2.24, 2.45) is 11.8 Å². The number of hydrogen-bond donors (Lipinski definition) is 3. The molecule has 3 heterocycles. The Kier molecular flexibility index (Phi) is 4.15. The number of aliphatic hydroxyl groups is 2. The van der Waals surface area contributed by atoms with Crippen LogP contribution in [0.25, 0.3) is 11.0 Å². The zero-order valence-corrected chi connectivity index (χ0v) is 14.0. The minimum Gasteiger partial charge on any atom is -0.395 e. The number of H-pyrrole nitrogens is 1. The molecular weight excluding hydrogens is 306 g/mol. The lowest BCUT2D eigenvalue weighted by Gasteiger charge is -2.29. The molecule has 1 saturated carbocycles. The van der Waals surface area contributed by atoms with Gasteiger partial charge in [-0.3, -0.25) is 4.90 Å². The quantitative estimate of drug-likeness (QED) is 0.738. The molecule has 0 bridgehead atoms. The van der Waals surface area contributed by atoms with Gasteiger partial charge in [0.15, 0.2) is 0 Å². The third-order valence-electron chi connectivity index (χ3n) is 5.91. The Labute approximate surface area is 141 Å². The number of likely N-dealkylation sites (tertiary alicyclic amines) is 1. The first kappa shape index (κ1) is 15.8. The van der Waals surface area contributed by atoms with Crippen molar-refractivity contribution >= 4 is 16.9 Å². The lowest BCUT2D eigenvalue weighted by molar-refractivity contribution is 0.0846. The monoisotopic (exact) mass is 331 g/mol. The number of aliphatic hydroxyl groups excluding tert-OH is 2. The fraction of sp³-hybridized carbons (Fsp3) is 0.647. The topological polar surface area (TPSA) is 88.5 Å². The van der Waals surface area contributed by atoms with Gasteiger partial charge in [-0.15, -0.1) is 0 Å². The number of rotatable bonds is 5. The summed E-state index contributed by atoms with van der Waals surface area (Å²) in [6.45, 7) is 2.02. The number of aromatic amines is 1. The van der Waals surface area contributed by atoms with Gasteiger partial charge in [-0.05, 0) is 30.7 Å². The fourth-order valence-corrected chi connectivity index (χ4v) is 4.52. The molecular formula is C17H25N5O2. The summed E-state index contributed by atoms with van der Waals surface area (Å²) in [6, 6.07) is 2.41. The van der Waals surface area contributed by atoms with E-state index in [9.17, 15) is 10.2 Å².